The number of benzene rings is 1. The van der Waals surface area contributed by atoms with Crippen LogP contribution >= 0.6 is 0 Å². The summed E-state index contributed by atoms with van der Waals surface area (Å²) in [4.78, 5) is 21.5. The number of amides is 1. The maximum Gasteiger partial charge on any atom is 0.229 e. The molecule has 4 N–H and O–H groups in total. The van der Waals surface area contributed by atoms with E-state index in [0.29, 0.717) is 29.9 Å². The van der Waals surface area contributed by atoms with Crippen molar-refractivity contribution in [2.75, 3.05) is 25.0 Å². The van der Waals surface area contributed by atoms with Crippen LogP contribution in [0.15, 0.2) is 67.0 Å². The van der Waals surface area contributed by atoms with Crippen LogP contribution in [0.3, 0.4) is 0 Å². The summed E-state index contributed by atoms with van der Waals surface area (Å²) in [6.45, 7) is 2.24. The number of aromatic nitrogens is 2. The van der Waals surface area contributed by atoms with Crippen molar-refractivity contribution in [1.82, 2.24) is 15.3 Å². The maximum absolute atomic E-state index is 13.5. The van der Waals surface area contributed by atoms with Gasteiger partial charge in [-0.2, -0.15) is 0 Å². The van der Waals surface area contributed by atoms with Crippen LogP contribution in [0.1, 0.15) is 34.7 Å². The fraction of sp³-hybridized carbons (Fsp3) is 0.240. The molecule has 1 amide bonds. The van der Waals surface area contributed by atoms with Gasteiger partial charge in [-0.05, 0) is 60.4 Å². The molecule has 0 saturated heterocycles. The molecule has 1 aliphatic rings. The van der Waals surface area contributed by atoms with Gasteiger partial charge in [0.15, 0.2) is 0 Å². The molecule has 3 aromatic rings. The second kappa shape index (κ2) is 10.2. The zero-order valence-corrected chi connectivity index (χ0v) is 17.7. The molecule has 3 heterocycles. The van der Waals surface area contributed by atoms with E-state index >= 15 is 0 Å². The molecule has 1 aromatic carbocycles. The standard InChI is InChI=1S/C25H26FN5O/c26-20-5-1-3-17(15-20)8-14-30-25-21(23(24(27)32)19-4-2-11-29-16-19)6-7-22(31-25)18-9-12-28-13-10-18/h1-7,9,11,15-16,23,28H,8,10,12-14H2,(H2,27,32)(H,30,31). The summed E-state index contributed by atoms with van der Waals surface area (Å²) in [6, 6.07) is 14.0. The molecule has 1 aliphatic heterocycles. The molecule has 0 fully saturated rings. The van der Waals surface area contributed by atoms with E-state index in [-0.39, 0.29) is 5.82 Å². The summed E-state index contributed by atoms with van der Waals surface area (Å²) in [6.07, 6.45) is 6.94. The number of carbonyl (C=O) groups excluding carboxylic acids is 1. The van der Waals surface area contributed by atoms with Crippen molar-refractivity contribution in [3.63, 3.8) is 0 Å². The Kier molecular flexibility index (Phi) is 6.87. The van der Waals surface area contributed by atoms with Crippen molar-refractivity contribution in [2.45, 2.75) is 18.8 Å². The van der Waals surface area contributed by atoms with Gasteiger partial charge in [0.1, 0.15) is 11.6 Å². The Labute approximate surface area is 186 Å². The minimum absolute atomic E-state index is 0.258. The third-order valence-electron chi connectivity index (χ3n) is 5.53. The second-order valence-electron chi connectivity index (χ2n) is 7.75. The van der Waals surface area contributed by atoms with Gasteiger partial charge < -0.3 is 16.4 Å². The number of halogens is 1. The smallest absolute Gasteiger partial charge is 0.229 e. The Morgan fingerprint density at radius 3 is 2.84 bits per heavy atom. The third-order valence-corrected chi connectivity index (χ3v) is 5.53. The van der Waals surface area contributed by atoms with Crippen molar-refractivity contribution in [2.24, 2.45) is 5.73 Å². The van der Waals surface area contributed by atoms with Gasteiger partial charge in [-0.1, -0.05) is 30.3 Å². The summed E-state index contributed by atoms with van der Waals surface area (Å²) in [5.41, 5.74) is 10.1. The van der Waals surface area contributed by atoms with Crippen LogP contribution in [0.5, 0.6) is 0 Å². The monoisotopic (exact) mass is 431 g/mol. The molecule has 0 bridgehead atoms. The van der Waals surface area contributed by atoms with Gasteiger partial charge in [-0.15, -0.1) is 0 Å². The van der Waals surface area contributed by atoms with Gasteiger partial charge in [-0.25, -0.2) is 9.37 Å². The van der Waals surface area contributed by atoms with Crippen molar-refractivity contribution in [3.8, 4) is 0 Å². The lowest BCUT2D eigenvalue weighted by molar-refractivity contribution is -0.118. The van der Waals surface area contributed by atoms with E-state index in [9.17, 15) is 9.18 Å². The third kappa shape index (κ3) is 5.18. The van der Waals surface area contributed by atoms with Gasteiger partial charge in [0.2, 0.25) is 5.91 Å². The van der Waals surface area contributed by atoms with Crippen molar-refractivity contribution in [1.29, 1.82) is 0 Å². The average molecular weight is 432 g/mol. The molecule has 0 radical (unpaired) electrons. The molecule has 164 valence electrons. The van der Waals surface area contributed by atoms with Gasteiger partial charge in [0, 0.05) is 31.0 Å². The first kappa shape index (κ1) is 21.6. The van der Waals surface area contributed by atoms with E-state index in [4.69, 9.17) is 10.7 Å². The fourth-order valence-electron chi connectivity index (χ4n) is 3.94. The van der Waals surface area contributed by atoms with Crippen LogP contribution in [-0.2, 0) is 11.2 Å². The van der Waals surface area contributed by atoms with Crippen molar-refractivity contribution >= 4 is 17.3 Å². The number of nitrogens with two attached hydrogens (primary N) is 1. The molecule has 1 unspecified atom stereocenters. The minimum Gasteiger partial charge on any atom is -0.369 e. The predicted octanol–water partition coefficient (Wildman–Crippen LogP) is 3.26. The predicted molar refractivity (Wildman–Crippen MR) is 124 cm³/mol. The van der Waals surface area contributed by atoms with E-state index in [1.807, 2.05) is 24.3 Å². The number of hydrogen-bond donors (Lipinski definition) is 3. The SMILES string of the molecule is NC(=O)C(c1cccnc1)c1ccc(C2=CCNCC2)nc1NCCc1cccc(F)c1. The molecule has 0 saturated carbocycles. The Bertz CT molecular complexity index is 1120. The normalized spacial score (nSPS) is 14.5. The van der Waals surface area contributed by atoms with Crippen LogP contribution in [0.25, 0.3) is 5.57 Å². The first-order valence-electron chi connectivity index (χ1n) is 10.7. The molecule has 2 aromatic heterocycles. The lowest BCUT2D eigenvalue weighted by Crippen LogP contribution is -2.25. The zero-order chi connectivity index (χ0) is 22.3. The highest BCUT2D eigenvalue weighted by atomic mass is 19.1. The van der Waals surface area contributed by atoms with E-state index in [1.54, 1.807) is 24.5 Å². The highest BCUT2D eigenvalue weighted by molar-refractivity contribution is 5.87. The Morgan fingerprint density at radius 2 is 2.12 bits per heavy atom. The highest BCUT2D eigenvalue weighted by Crippen LogP contribution is 2.31. The quantitative estimate of drug-likeness (QED) is 0.509. The highest BCUT2D eigenvalue weighted by Gasteiger charge is 2.25. The second-order valence-corrected chi connectivity index (χ2v) is 7.75. The largest absolute Gasteiger partial charge is 0.369 e. The van der Waals surface area contributed by atoms with E-state index < -0.39 is 11.8 Å². The summed E-state index contributed by atoms with van der Waals surface area (Å²) in [5, 5.41) is 6.66. The van der Waals surface area contributed by atoms with Crippen LogP contribution < -0.4 is 16.4 Å². The lowest BCUT2D eigenvalue weighted by atomic mass is 9.91. The van der Waals surface area contributed by atoms with Gasteiger partial charge >= 0.3 is 0 Å². The Hall–Kier alpha value is -3.58. The van der Waals surface area contributed by atoms with Crippen molar-refractivity contribution < 1.29 is 9.18 Å². The molecular formula is C25H26FN5O. The number of anilines is 1. The molecule has 32 heavy (non-hydrogen) atoms. The summed E-state index contributed by atoms with van der Waals surface area (Å²) >= 11 is 0. The average Bonchev–Trinajstić information content (AvgIpc) is 2.81. The summed E-state index contributed by atoms with van der Waals surface area (Å²) in [7, 11) is 0. The fourth-order valence-corrected chi connectivity index (χ4v) is 3.94. The van der Waals surface area contributed by atoms with E-state index in [1.165, 1.54) is 17.7 Å². The number of nitrogens with zero attached hydrogens (tertiary/aromatic N) is 2. The van der Waals surface area contributed by atoms with Gasteiger partial charge in [0.25, 0.3) is 0 Å². The lowest BCUT2D eigenvalue weighted by Gasteiger charge is -2.21. The number of carbonyl (C=O) groups is 1. The summed E-state index contributed by atoms with van der Waals surface area (Å²) < 4.78 is 13.5. The molecule has 1 atom stereocenters. The van der Waals surface area contributed by atoms with Crippen LogP contribution in [-0.4, -0.2) is 35.5 Å². The molecule has 0 aliphatic carbocycles. The first-order valence-corrected chi connectivity index (χ1v) is 10.7. The van der Waals surface area contributed by atoms with Crippen LogP contribution in [0.4, 0.5) is 10.2 Å². The molecule has 7 heteroatoms. The minimum atomic E-state index is -0.677. The van der Waals surface area contributed by atoms with Crippen molar-refractivity contribution in [3.05, 3.63) is 95.2 Å². The zero-order valence-electron chi connectivity index (χ0n) is 17.7. The van der Waals surface area contributed by atoms with Crippen LogP contribution in [0.2, 0.25) is 0 Å². The topological polar surface area (TPSA) is 92.9 Å². The molecule has 4 rings (SSSR count). The molecular weight excluding hydrogens is 405 g/mol. The van der Waals surface area contributed by atoms with E-state index in [2.05, 4.69) is 21.7 Å². The van der Waals surface area contributed by atoms with Gasteiger partial charge in [0.05, 0.1) is 11.6 Å². The number of rotatable bonds is 8. The number of pyridine rings is 2. The summed E-state index contributed by atoms with van der Waals surface area (Å²) in [5.74, 6) is -0.803. The van der Waals surface area contributed by atoms with Gasteiger partial charge in [-0.3, -0.25) is 9.78 Å². The Balaban J connectivity index is 1.66. The number of hydrogen-bond acceptors (Lipinski definition) is 5. The van der Waals surface area contributed by atoms with E-state index in [0.717, 1.165) is 30.8 Å². The Morgan fingerprint density at radius 1 is 1.22 bits per heavy atom. The maximum atomic E-state index is 13.5. The number of primary amides is 1. The number of nitrogens with one attached hydrogen (secondary N) is 2. The molecule has 6 nitrogen and oxygen atoms in total. The van der Waals surface area contributed by atoms with Crippen LogP contribution in [0, 0.1) is 5.82 Å². The first-order chi connectivity index (χ1) is 15.6. The molecule has 0 spiro atoms.